The monoisotopic (exact) mass is 166 g/mol. The highest BCUT2D eigenvalue weighted by Gasteiger charge is 2.45. The molecule has 1 atom stereocenters. The molecular formula is C6H8N5O+. The fourth-order valence-corrected chi connectivity index (χ4v) is 1.08. The Labute approximate surface area is 68.6 Å². The van der Waals surface area contributed by atoms with Crippen molar-refractivity contribution in [2.75, 3.05) is 6.73 Å². The van der Waals surface area contributed by atoms with E-state index in [-0.39, 0.29) is 6.73 Å². The maximum Gasteiger partial charge on any atom is 0.331 e. The molecule has 2 heterocycles. The molecule has 0 amide bonds. The average molecular weight is 166 g/mol. The summed E-state index contributed by atoms with van der Waals surface area (Å²) in [7, 11) is 0. The lowest BCUT2D eigenvalue weighted by molar-refractivity contribution is -0.557. The van der Waals surface area contributed by atoms with E-state index in [0.717, 1.165) is 0 Å². The number of nitrogens with two attached hydrogens (primary N) is 1. The molecule has 0 aromatic rings. The molecule has 0 saturated heterocycles. The molecular weight excluding hydrogens is 158 g/mol. The molecule has 62 valence electrons. The number of hydrogen-bond acceptors (Lipinski definition) is 5. The highest BCUT2D eigenvalue weighted by atomic mass is 16.5. The summed E-state index contributed by atoms with van der Waals surface area (Å²) < 4.78 is 5.24. The Bertz CT molecular complexity index is 305. The lowest BCUT2D eigenvalue weighted by Gasteiger charge is -2.16. The van der Waals surface area contributed by atoms with Crippen LogP contribution in [0.1, 0.15) is 0 Å². The highest BCUT2D eigenvalue weighted by Crippen LogP contribution is 2.07. The van der Waals surface area contributed by atoms with E-state index in [0.29, 0.717) is 5.84 Å². The maximum absolute atomic E-state index is 5.27. The minimum absolute atomic E-state index is 0.0847. The molecule has 6 heteroatoms. The number of fused-ring (bicyclic) bond motifs is 1. The van der Waals surface area contributed by atoms with Gasteiger partial charge in [-0.15, -0.1) is 0 Å². The molecule has 6 nitrogen and oxygen atoms in total. The van der Waals surface area contributed by atoms with Gasteiger partial charge in [-0.25, -0.2) is 9.98 Å². The first-order valence-electron chi connectivity index (χ1n) is 3.46. The highest BCUT2D eigenvalue weighted by molar-refractivity contribution is 6.13. The van der Waals surface area contributed by atoms with Gasteiger partial charge in [-0.1, -0.05) is 0 Å². The summed E-state index contributed by atoms with van der Waals surface area (Å²) >= 11 is 0. The molecule has 0 bridgehead atoms. The zero-order valence-corrected chi connectivity index (χ0v) is 6.27. The molecule has 0 aromatic heterocycles. The van der Waals surface area contributed by atoms with Gasteiger partial charge in [0, 0.05) is 0 Å². The van der Waals surface area contributed by atoms with E-state index in [9.17, 15) is 0 Å². The molecule has 0 aromatic carbocycles. The topological polar surface area (TPSA) is 86.3 Å². The number of nitrogens with one attached hydrogen (secondary N) is 1. The first-order chi connectivity index (χ1) is 5.87. The van der Waals surface area contributed by atoms with Crippen molar-refractivity contribution in [3.63, 3.8) is 0 Å². The molecule has 12 heavy (non-hydrogen) atoms. The minimum Gasteiger partial charge on any atom is -0.309 e. The largest absolute Gasteiger partial charge is 0.331 e. The van der Waals surface area contributed by atoms with Crippen LogP contribution in [0.2, 0.25) is 0 Å². The Morgan fingerprint density at radius 1 is 1.67 bits per heavy atom. The van der Waals surface area contributed by atoms with Gasteiger partial charge in [0.1, 0.15) is 13.1 Å². The lowest BCUT2D eigenvalue weighted by atomic mass is 10.2. The molecule has 2 rings (SSSR count). The van der Waals surface area contributed by atoms with Crippen LogP contribution in [0.25, 0.3) is 0 Å². The van der Waals surface area contributed by atoms with Gasteiger partial charge in [-0.3, -0.25) is 0 Å². The van der Waals surface area contributed by atoms with E-state index >= 15 is 0 Å². The zero-order chi connectivity index (χ0) is 8.44. The van der Waals surface area contributed by atoms with Crippen molar-refractivity contribution in [1.29, 1.82) is 0 Å². The van der Waals surface area contributed by atoms with Crippen LogP contribution in [0.15, 0.2) is 15.0 Å². The molecule has 1 unspecified atom stereocenters. The standard InChI is InChI=1S/C6H7N5O/c7-2-12-6-1-8-3-9-5(6)10-4-11-6/h1,3-4H,2,7H2/p+1. The van der Waals surface area contributed by atoms with Crippen LogP contribution >= 0.6 is 0 Å². The van der Waals surface area contributed by atoms with Gasteiger partial charge in [-0.05, 0) is 4.99 Å². The summed E-state index contributed by atoms with van der Waals surface area (Å²) in [5.41, 5.74) is 4.44. The van der Waals surface area contributed by atoms with Crippen LogP contribution in [0.3, 0.4) is 0 Å². The van der Waals surface area contributed by atoms with Gasteiger partial charge in [0.2, 0.25) is 0 Å². The predicted molar refractivity (Wildman–Crippen MR) is 44.3 cm³/mol. The predicted octanol–water partition coefficient (Wildman–Crippen LogP) is -2.75. The molecule has 0 aliphatic carbocycles. The molecule has 3 N–H and O–H groups in total. The summed E-state index contributed by atoms with van der Waals surface area (Å²) in [4.78, 5) is 14.6. The summed E-state index contributed by atoms with van der Waals surface area (Å²) in [6, 6.07) is 0. The molecule has 2 aliphatic heterocycles. The summed E-state index contributed by atoms with van der Waals surface area (Å²) in [6.07, 6.45) is 4.51. The fourth-order valence-electron chi connectivity index (χ4n) is 1.08. The Kier molecular flexibility index (Phi) is 1.56. The average Bonchev–Trinajstić information content (AvgIpc) is 2.48. The van der Waals surface area contributed by atoms with E-state index in [4.69, 9.17) is 10.5 Å². The third-order valence-corrected chi connectivity index (χ3v) is 1.61. The van der Waals surface area contributed by atoms with E-state index in [1.54, 1.807) is 6.21 Å². The Morgan fingerprint density at radius 2 is 2.58 bits per heavy atom. The van der Waals surface area contributed by atoms with Crippen molar-refractivity contribution in [3.05, 3.63) is 0 Å². The van der Waals surface area contributed by atoms with E-state index in [1.807, 2.05) is 0 Å². The summed E-state index contributed by atoms with van der Waals surface area (Å²) in [5.74, 6) is 0.531. The van der Waals surface area contributed by atoms with Gasteiger partial charge in [0.15, 0.2) is 0 Å². The van der Waals surface area contributed by atoms with Crippen LogP contribution in [-0.2, 0) is 4.74 Å². The van der Waals surface area contributed by atoms with Gasteiger partial charge >= 0.3 is 11.6 Å². The molecule has 0 fully saturated rings. The van der Waals surface area contributed by atoms with Crippen LogP contribution in [-0.4, -0.2) is 37.2 Å². The smallest absolute Gasteiger partial charge is 0.309 e. The number of hydrogen-bond donors (Lipinski definition) is 2. The van der Waals surface area contributed by atoms with Crippen molar-refractivity contribution in [3.8, 4) is 0 Å². The van der Waals surface area contributed by atoms with Crippen molar-refractivity contribution in [2.24, 2.45) is 20.7 Å². The molecule has 0 saturated carbocycles. The third-order valence-electron chi connectivity index (χ3n) is 1.61. The zero-order valence-electron chi connectivity index (χ0n) is 6.27. The molecule has 0 radical (unpaired) electrons. The SMILES string of the molecule is NCOC12C=NC=NC1=NC=[NH+]2. The third kappa shape index (κ3) is 0.892. The normalized spacial score (nSPS) is 30.6. The number of nitrogens with zero attached hydrogens (tertiary/aromatic N) is 3. The molecule has 0 spiro atoms. The first kappa shape index (κ1) is 7.26. The second-order valence-electron chi connectivity index (χ2n) is 2.30. The van der Waals surface area contributed by atoms with E-state index in [2.05, 4.69) is 20.0 Å². The second-order valence-corrected chi connectivity index (χ2v) is 2.30. The molecule has 2 aliphatic rings. The maximum atomic E-state index is 5.27. The van der Waals surface area contributed by atoms with Crippen LogP contribution in [0.4, 0.5) is 0 Å². The number of aliphatic imine (C=N–C) groups is 3. The van der Waals surface area contributed by atoms with Crippen molar-refractivity contribution in [1.82, 2.24) is 0 Å². The summed E-state index contributed by atoms with van der Waals surface area (Å²) in [5, 5.41) is 0. The van der Waals surface area contributed by atoms with E-state index in [1.165, 1.54) is 12.7 Å². The van der Waals surface area contributed by atoms with Gasteiger partial charge in [-0.2, -0.15) is 4.99 Å². The van der Waals surface area contributed by atoms with Crippen molar-refractivity contribution in [2.45, 2.75) is 5.72 Å². The number of amidine groups is 1. The minimum atomic E-state index is -0.830. The Hall–Kier alpha value is -1.40. The van der Waals surface area contributed by atoms with Gasteiger partial charge in [0.25, 0.3) is 6.34 Å². The van der Waals surface area contributed by atoms with Crippen molar-refractivity contribution < 1.29 is 9.73 Å². The quantitative estimate of drug-likeness (QED) is 0.436. The lowest BCUT2D eigenvalue weighted by Crippen LogP contribution is -2.87. The van der Waals surface area contributed by atoms with Gasteiger partial charge in [0.05, 0.1) is 6.21 Å². The van der Waals surface area contributed by atoms with Crippen molar-refractivity contribution >= 4 is 24.7 Å². The Morgan fingerprint density at radius 3 is 3.42 bits per heavy atom. The first-order valence-corrected chi connectivity index (χ1v) is 3.46. The van der Waals surface area contributed by atoms with Crippen LogP contribution in [0, 0.1) is 0 Å². The van der Waals surface area contributed by atoms with E-state index < -0.39 is 5.72 Å². The Balaban J connectivity index is 2.34. The number of ether oxygens (including phenoxy) is 1. The van der Waals surface area contributed by atoms with Crippen LogP contribution < -0.4 is 10.7 Å². The van der Waals surface area contributed by atoms with Crippen LogP contribution in [0.5, 0.6) is 0 Å². The summed E-state index contributed by atoms with van der Waals surface area (Å²) in [6.45, 7) is 0.0847. The fraction of sp³-hybridized carbons (Fsp3) is 0.333. The second kappa shape index (κ2) is 2.58. The van der Waals surface area contributed by atoms with Gasteiger partial charge < -0.3 is 10.5 Å². The number of rotatable bonds is 2.